The molecule has 2 fully saturated rings. The molecular weight excluding hydrogens is 218 g/mol. The molecule has 0 aromatic heterocycles. The van der Waals surface area contributed by atoms with Crippen LogP contribution in [0.25, 0.3) is 0 Å². The van der Waals surface area contributed by atoms with Crippen molar-refractivity contribution in [3.63, 3.8) is 0 Å². The van der Waals surface area contributed by atoms with Crippen molar-refractivity contribution in [2.75, 3.05) is 46.4 Å². The molecule has 2 aliphatic heterocycles. The van der Waals surface area contributed by atoms with E-state index in [1.54, 1.807) is 7.11 Å². The predicted octanol–water partition coefficient (Wildman–Crippen LogP) is -0.473. The molecule has 17 heavy (non-hydrogen) atoms. The molecule has 1 N–H and O–H groups in total. The van der Waals surface area contributed by atoms with Crippen molar-refractivity contribution in [1.82, 2.24) is 15.1 Å². The summed E-state index contributed by atoms with van der Waals surface area (Å²) in [5.74, 6) is 0.130. The van der Waals surface area contributed by atoms with Gasteiger partial charge in [0.1, 0.15) is 6.10 Å². The van der Waals surface area contributed by atoms with Gasteiger partial charge in [-0.2, -0.15) is 0 Å². The van der Waals surface area contributed by atoms with E-state index < -0.39 is 0 Å². The third-order valence-electron chi connectivity index (χ3n) is 3.84. The molecule has 0 aromatic carbocycles. The van der Waals surface area contributed by atoms with E-state index in [2.05, 4.69) is 10.2 Å². The van der Waals surface area contributed by atoms with Gasteiger partial charge in [-0.3, -0.25) is 9.69 Å². The van der Waals surface area contributed by atoms with Gasteiger partial charge in [-0.25, -0.2) is 0 Å². The lowest BCUT2D eigenvalue weighted by Gasteiger charge is -2.32. The largest absolute Gasteiger partial charge is 0.372 e. The average Bonchev–Trinajstić information content (AvgIpc) is 2.87. The summed E-state index contributed by atoms with van der Waals surface area (Å²) < 4.78 is 5.09. The maximum atomic E-state index is 12.0. The van der Waals surface area contributed by atoms with Crippen LogP contribution in [0.5, 0.6) is 0 Å². The van der Waals surface area contributed by atoms with Crippen LogP contribution in [-0.2, 0) is 9.53 Å². The summed E-state index contributed by atoms with van der Waals surface area (Å²) in [6.45, 7) is 7.91. The van der Waals surface area contributed by atoms with Crippen LogP contribution < -0.4 is 5.32 Å². The highest BCUT2D eigenvalue weighted by atomic mass is 16.5. The van der Waals surface area contributed by atoms with Crippen molar-refractivity contribution in [3.8, 4) is 0 Å². The molecule has 2 heterocycles. The molecule has 2 unspecified atom stereocenters. The van der Waals surface area contributed by atoms with E-state index >= 15 is 0 Å². The third-order valence-corrected chi connectivity index (χ3v) is 3.84. The van der Waals surface area contributed by atoms with E-state index in [0.29, 0.717) is 6.04 Å². The number of hydrogen-bond acceptors (Lipinski definition) is 4. The van der Waals surface area contributed by atoms with Crippen molar-refractivity contribution < 1.29 is 9.53 Å². The van der Waals surface area contributed by atoms with Crippen LogP contribution in [0, 0.1) is 0 Å². The number of likely N-dealkylation sites (tertiary alicyclic amines) is 1. The Kier molecular flexibility index (Phi) is 4.36. The van der Waals surface area contributed by atoms with Crippen LogP contribution in [0.2, 0.25) is 0 Å². The SMILES string of the molecule is COC(C)C(=O)N1CCC(N2CCNCC2)C1. The molecule has 2 atom stereocenters. The number of hydrogen-bond donors (Lipinski definition) is 1. The summed E-state index contributed by atoms with van der Waals surface area (Å²) in [5, 5.41) is 3.36. The third kappa shape index (κ3) is 2.97. The molecule has 2 rings (SSSR count). The van der Waals surface area contributed by atoms with Gasteiger partial charge < -0.3 is 15.0 Å². The maximum Gasteiger partial charge on any atom is 0.251 e. The molecule has 0 radical (unpaired) electrons. The number of carbonyl (C=O) groups excluding carboxylic acids is 1. The van der Waals surface area contributed by atoms with E-state index in [1.807, 2.05) is 11.8 Å². The zero-order chi connectivity index (χ0) is 12.3. The fraction of sp³-hybridized carbons (Fsp3) is 0.917. The van der Waals surface area contributed by atoms with Gasteiger partial charge in [0.25, 0.3) is 5.91 Å². The lowest BCUT2D eigenvalue weighted by atomic mass is 10.2. The Morgan fingerprint density at radius 3 is 2.71 bits per heavy atom. The molecule has 1 amide bonds. The van der Waals surface area contributed by atoms with Crippen LogP contribution in [0.4, 0.5) is 0 Å². The first-order chi connectivity index (χ1) is 8.22. The van der Waals surface area contributed by atoms with Gasteiger partial charge in [0, 0.05) is 52.4 Å². The highest BCUT2D eigenvalue weighted by molar-refractivity contribution is 5.80. The molecular formula is C12H23N3O2. The van der Waals surface area contributed by atoms with Crippen LogP contribution in [0.3, 0.4) is 0 Å². The first-order valence-electron chi connectivity index (χ1n) is 6.48. The van der Waals surface area contributed by atoms with E-state index in [-0.39, 0.29) is 12.0 Å². The molecule has 98 valence electrons. The summed E-state index contributed by atoms with van der Waals surface area (Å²) in [5.41, 5.74) is 0. The predicted molar refractivity (Wildman–Crippen MR) is 65.9 cm³/mol. The van der Waals surface area contributed by atoms with E-state index in [1.165, 1.54) is 0 Å². The minimum Gasteiger partial charge on any atom is -0.372 e. The van der Waals surface area contributed by atoms with Crippen LogP contribution >= 0.6 is 0 Å². The molecule has 0 aromatic rings. The van der Waals surface area contributed by atoms with Crippen LogP contribution in [0.15, 0.2) is 0 Å². The normalized spacial score (nSPS) is 28.4. The second kappa shape index (κ2) is 5.80. The monoisotopic (exact) mass is 241 g/mol. The van der Waals surface area contributed by atoms with Gasteiger partial charge in [0.2, 0.25) is 0 Å². The van der Waals surface area contributed by atoms with Crippen molar-refractivity contribution >= 4 is 5.91 Å². The van der Waals surface area contributed by atoms with Crippen LogP contribution in [-0.4, -0.2) is 74.2 Å². The number of nitrogens with one attached hydrogen (secondary N) is 1. The Bertz CT molecular complexity index is 266. The standard InChI is InChI=1S/C12H23N3O2/c1-10(17-2)12(16)15-6-3-11(9-15)14-7-4-13-5-8-14/h10-11,13H,3-9H2,1-2H3. The minimum absolute atomic E-state index is 0.130. The van der Waals surface area contributed by atoms with Gasteiger partial charge in [-0.1, -0.05) is 0 Å². The quantitative estimate of drug-likeness (QED) is 0.725. The molecule has 5 nitrogen and oxygen atoms in total. The second-order valence-corrected chi connectivity index (χ2v) is 4.89. The molecule has 0 aliphatic carbocycles. The van der Waals surface area contributed by atoms with Gasteiger partial charge in [0.05, 0.1) is 0 Å². The molecule has 2 aliphatic rings. The number of amides is 1. The number of carbonyl (C=O) groups is 1. The number of rotatable bonds is 3. The number of nitrogens with zero attached hydrogens (tertiary/aromatic N) is 2. The maximum absolute atomic E-state index is 12.0. The zero-order valence-electron chi connectivity index (χ0n) is 10.8. The Balaban J connectivity index is 1.84. The highest BCUT2D eigenvalue weighted by Crippen LogP contribution is 2.17. The van der Waals surface area contributed by atoms with Gasteiger partial charge in [0.15, 0.2) is 0 Å². The van der Waals surface area contributed by atoms with Gasteiger partial charge >= 0.3 is 0 Å². The second-order valence-electron chi connectivity index (χ2n) is 4.89. The Morgan fingerprint density at radius 1 is 1.35 bits per heavy atom. The number of piperazine rings is 1. The summed E-state index contributed by atoms with van der Waals surface area (Å²) in [4.78, 5) is 16.4. The Hall–Kier alpha value is -0.650. The highest BCUT2D eigenvalue weighted by Gasteiger charge is 2.32. The average molecular weight is 241 g/mol. The fourth-order valence-corrected chi connectivity index (χ4v) is 2.65. The first kappa shape index (κ1) is 12.8. The lowest BCUT2D eigenvalue weighted by molar-refractivity contribution is -0.140. The minimum atomic E-state index is -0.309. The molecule has 0 bridgehead atoms. The van der Waals surface area contributed by atoms with Crippen molar-refractivity contribution in [2.24, 2.45) is 0 Å². The van der Waals surface area contributed by atoms with Gasteiger partial charge in [-0.15, -0.1) is 0 Å². The van der Waals surface area contributed by atoms with Crippen molar-refractivity contribution in [2.45, 2.75) is 25.5 Å². The van der Waals surface area contributed by atoms with Crippen LogP contribution in [0.1, 0.15) is 13.3 Å². The topological polar surface area (TPSA) is 44.8 Å². The number of ether oxygens (including phenoxy) is 1. The van der Waals surface area contributed by atoms with Crippen molar-refractivity contribution in [1.29, 1.82) is 0 Å². The Morgan fingerprint density at radius 2 is 2.06 bits per heavy atom. The van der Waals surface area contributed by atoms with E-state index in [9.17, 15) is 4.79 Å². The molecule has 2 saturated heterocycles. The lowest BCUT2D eigenvalue weighted by Crippen LogP contribution is -2.49. The van der Waals surface area contributed by atoms with Crippen molar-refractivity contribution in [3.05, 3.63) is 0 Å². The first-order valence-corrected chi connectivity index (χ1v) is 6.48. The molecule has 0 saturated carbocycles. The summed E-state index contributed by atoms with van der Waals surface area (Å²) in [6.07, 6.45) is 0.791. The molecule has 0 spiro atoms. The number of methoxy groups -OCH3 is 1. The van der Waals surface area contributed by atoms with E-state index in [4.69, 9.17) is 4.74 Å². The van der Waals surface area contributed by atoms with Gasteiger partial charge in [-0.05, 0) is 13.3 Å². The summed E-state index contributed by atoms with van der Waals surface area (Å²) in [6, 6.07) is 0.546. The zero-order valence-corrected chi connectivity index (χ0v) is 10.8. The fourth-order valence-electron chi connectivity index (χ4n) is 2.65. The molecule has 5 heteroatoms. The smallest absolute Gasteiger partial charge is 0.251 e. The van der Waals surface area contributed by atoms with E-state index in [0.717, 1.165) is 45.7 Å². The summed E-state index contributed by atoms with van der Waals surface area (Å²) in [7, 11) is 1.59. The summed E-state index contributed by atoms with van der Waals surface area (Å²) >= 11 is 0. The Labute approximate surface area is 103 Å².